The van der Waals surface area contributed by atoms with Crippen molar-refractivity contribution in [1.29, 1.82) is 0 Å². The van der Waals surface area contributed by atoms with Gasteiger partial charge in [-0.3, -0.25) is 0 Å². The van der Waals surface area contributed by atoms with Crippen LogP contribution in [0, 0.1) is 0 Å². The van der Waals surface area contributed by atoms with Gasteiger partial charge < -0.3 is 4.57 Å². The standard InChI is InChI=1S/C6H10NSi.3ClH/c1-3-5-7(8)6-4-2;;;/h3-4H,1-2,5-6H2;3*1H. The van der Waals surface area contributed by atoms with E-state index in [-0.39, 0.29) is 37.2 Å². The Hall–Kier alpha value is 0.527. The number of nitrogens with zero attached hydrogens (tertiary/aromatic N) is 1. The van der Waals surface area contributed by atoms with Gasteiger partial charge >= 0.3 is 0 Å². The first-order valence-corrected chi connectivity index (χ1v) is 2.94. The molecule has 0 aliphatic carbocycles. The van der Waals surface area contributed by atoms with Gasteiger partial charge in [-0.05, 0) is 0 Å². The Morgan fingerprint density at radius 3 is 1.45 bits per heavy atom. The van der Waals surface area contributed by atoms with Gasteiger partial charge in [-0.25, -0.2) is 0 Å². The molecular formula is C6H13Cl3NSi. The van der Waals surface area contributed by atoms with E-state index in [1.54, 1.807) is 0 Å². The lowest BCUT2D eigenvalue weighted by molar-refractivity contribution is 0.558. The smallest absolute Gasteiger partial charge is 0.144 e. The fourth-order valence-electron chi connectivity index (χ4n) is 0.386. The highest BCUT2D eigenvalue weighted by Gasteiger charge is 1.86. The van der Waals surface area contributed by atoms with Crippen LogP contribution in [0.15, 0.2) is 25.3 Å². The lowest BCUT2D eigenvalue weighted by atomic mass is 10.5. The maximum absolute atomic E-state index is 3.58. The molecule has 0 N–H and O–H groups in total. The molecule has 5 heteroatoms. The van der Waals surface area contributed by atoms with Crippen molar-refractivity contribution in [3.8, 4) is 0 Å². The van der Waals surface area contributed by atoms with Gasteiger partial charge in [-0.1, -0.05) is 12.2 Å². The lowest BCUT2D eigenvalue weighted by Crippen LogP contribution is -2.19. The Bertz CT molecular complexity index is 79.9. The van der Waals surface area contributed by atoms with E-state index >= 15 is 0 Å². The van der Waals surface area contributed by atoms with Crippen molar-refractivity contribution in [3.05, 3.63) is 25.3 Å². The molecule has 0 aliphatic heterocycles. The van der Waals surface area contributed by atoms with E-state index in [9.17, 15) is 0 Å². The first kappa shape index (κ1) is 22.5. The predicted octanol–water partition coefficient (Wildman–Crippen LogP) is 2.01. The molecule has 1 nitrogen and oxygen atoms in total. The first-order chi connectivity index (χ1) is 3.81. The average Bonchev–Trinajstić information content (AvgIpc) is 1.68. The third-order valence-corrected chi connectivity index (χ3v) is 1.06. The highest BCUT2D eigenvalue weighted by atomic mass is 35.5. The first-order valence-electron chi connectivity index (χ1n) is 2.49. The SMILES string of the molecule is C=CCN([Si])CC=C.Cl.Cl.Cl. The minimum absolute atomic E-state index is 0. The fourth-order valence-corrected chi connectivity index (χ4v) is 0.644. The number of hydrogen-bond acceptors (Lipinski definition) is 1. The van der Waals surface area contributed by atoms with Crippen LogP contribution in [-0.4, -0.2) is 28.1 Å². The molecule has 0 rings (SSSR count). The Labute approximate surface area is 90.7 Å². The van der Waals surface area contributed by atoms with Crippen LogP contribution >= 0.6 is 37.2 Å². The van der Waals surface area contributed by atoms with Gasteiger partial charge in [0.2, 0.25) is 0 Å². The van der Waals surface area contributed by atoms with Gasteiger partial charge in [0.1, 0.15) is 10.4 Å². The maximum atomic E-state index is 3.58. The number of rotatable bonds is 4. The molecule has 3 radical (unpaired) electrons. The van der Waals surface area contributed by atoms with E-state index in [1.807, 2.05) is 16.7 Å². The topological polar surface area (TPSA) is 3.24 Å². The van der Waals surface area contributed by atoms with E-state index in [0.717, 1.165) is 13.1 Å². The highest BCUT2D eigenvalue weighted by Crippen LogP contribution is 1.78. The van der Waals surface area contributed by atoms with E-state index in [4.69, 9.17) is 0 Å². The van der Waals surface area contributed by atoms with Gasteiger partial charge in [-0.15, -0.1) is 50.4 Å². The third-order valence-electron chi connectivity index (χ3n) is 0.699. The van der Waals surface area contributed by atoms with Crippen molar-refractivity contribution in [2.45, 2.75) is 0 Å². The Morgan fingerprint density at radius 2 is 1.27 bits per heavy atom. The molecule has 0 spiro atoms. The molecule has 0 atom stereocenters. The van der Waals surface area contributed by atoms with Crippen molar-refractivity contribution >= 4 is 47.6 Å². The van der Waals surface area contributed by atoms with Crippen LogP contribution in [0.5, 0.6) is 0 Å². The summed E-state index contributed by atoms with van der Waals surface area (Å²) in [4.78, 5) is 0. The second kappa shape index (κ2) is 16.9. The summed E-state index contributed by atoms with van der Waals surface area (Å²) >= 11 is 0. The van der Waals surface area contributed by atoms with Gasteiger partial charge in [-0.2, -0.15) is 0 Å². The van der Waals surface area contributed by atoms with Crippen LogP contribution < -0.4 is 0 Å². The second-order valence-corrected chi connectivity index (χ2v) is 2.11. The van der Waals surface area contributed by atoms with Gasteiger partial charge in [0, 0.05) is 13.1 Å². The van der Waals surface area contributed by atoms with Crippen LogP contribution in [0.25, 0.3) is 0 Å². The molecular weight excluding hydrogens is 221 g/mol. The van der Waals surface area contributed by atoms with E-state index < -0.39 is 0 Å². The molecule has 0 bridgehead atoms. The predicted molar refractivity (Wildman–Crippen MR) is 59.5 cm³/mol. The largest absolute Gasteiger partial charge is 0.320 e. The summed E-state index contributed by atoms with van der Waals surface area (Å²) in [5.74, 6) is 0. The molecule has 0 unspecified atom stereocenters. The summed E-state index contributed by atoms with van der Waals surface area (Å²) in [5.41, 5.74) is 0. The molecule has 0 saturated heterocycles. The monoisotopic (exact) mass is 232 g/mol. The molecule has 0 aliphatic rings. The average molecular weight is 234 g/mol. The minimum atomic E-state index is 0. The molecule has 0 aromatic heterocycles. The summed E-state index contributed by atoms with van der Waals surface area (Å²) < 4.78 is 1.93. The highest BCUT2D eigenvalue weighted by molar-refractivity contribution is 6.04. The van der Waals surface area contributed by atoms with E-state index in [2.05, 4.69) is 23.6 Å². The second-order valence-electron chi connectivity index (χ2n) is 1.48. The molecule has 11 heavy (non-hydrogen) atoms. The van der Waals surface area contributed by atoms with Crippen LogP contribution in [0.1, 0.15) is 0 Å². The number of hydrogen-bond donors (Lipinski definition) is 0. The van der Waals surface area contributed by atoms with Crippen LogP contribution in [-0.2, 0) is 0 Å². The van der Waals surface area contributed by atoms with Crippen molar-refractivity contribution in [3.63, 3.8) is 0 Å². The molecule has 0 saturated carbocycles. The molecule has 0 fully saturated rings. The summed E-state index contributed by atoms with van der Waals surface area (Å²) in [5, 5.41) is 0. The van der Waals surface area contributed by atoms with Crippen LogP contribution in [0.4, 0.5) is 0 Å². The van der Waals surface area contributed by atoms with Gasteiger partial charge in [0.25, 0.3) is 0 Å². The minimum Gasteiger partial charge on any atom is -0.320 e. The normalized spacial score (nSPS) is 6.73. The number of halogens is 3. The summed E-state index contributed by atoms with van der Waals surface area (Å²) in [6.45, 7) is 8.85. The van der Waals surface area contributed by atoms with Crippen LogP contribution in [0.2, 0.25) is 0 Å². The summed E-state index contributed by atoms with van der Waals surface area (Å²) in [6, 6.07) is 0. The summed E-state index contributed by atoms with van der Waals surface area (Å²) in [6.07, 6.45) is 3.66. The fraction of sp³-hybridized carbons (Fsp3) is 0.333. The molecule has 0 aromatic carbocycles. The Balaban J connectivity index is -0.0000000817. The quantitative estimate of drug-likeness (QED) is 0.530. The molecule has 67 valence electrons. The van der Waals surface area contributed by atoms with Crippen molar-refractivity contribution in [1.82, 2.24) is 4.57 Å². The molecule has 0 amide bonds. The Morgan fingerprint density at radius 1 is 1.00 bits per heavy atom. The van der Waals surface area contributed by atoms with Gasteiger partial charge in [0.05, 0.1) is 0 Å². The third kappa shape index (κ3) is 18.0. The van der Waals surface area contributed by atoms with Crippen molar-refractivity contribution in [2.75, 3.05) is 13.1 Å². The van der Waals surface area contributed by atoms with Crippen molar-refractivity contribution < 1.29 is 0 Å². The maximum Gasteiger partial charge on any atom is 0.144 e. The van der Waals surface area contributed by atoms with Gasteiger partial charge in [0.15, 0.2) is 0 Å². The van der Waals surface area contributed by atoms with Crippen molar-refractivity contribution in [2.24, 2.45) is 0 Å². The zero-order chi connectivity index (χ0) is 6.41. The van der Waals surface area contributed by atoms with Crippen LogP contribution in [0.3, 0.4) is 0 Å². The van der Waals surface area contributed by atoms with E-state index in [1.165, 1.54) is 0 Å². The molecule has 0 aromatic rings. The lowest BCUT2D eigenvalue weighted by Gasteiger charge is -2.08. The summed E-state index contributed by atoms with van der Waals surface area (Å²) in [7, 11) is 3.34. The zero-order valence-electron chi connectivity index (χ0n) is 6.16. The Kier molecular flexibility index (Phi) is 34.6. The molecule has 0 heterocycles. The van der Waals surface area contributed by atoms with E-state index in [0.29, 0.717) is 0 Å². The zero-order valence-corrected chi connectivity index (χ0v) is 9.60.